The van der Waals surface area contributed by atoms with Gasteiger partial charge in [0.15, 0.2) is 6.61 Å². The normalized spacial score (nSPS) is 17.8. The lowest BCUT2D eigenvalue weighted by Crippen LogP contribution is -2.18. The summed E-state index contributed by atoms with van der Waals surface area (Å²) in [4.78, 5) is 4.24. The predicted octanol–water partition coefficient (Wildman–Crippen LogP) is 2.55. The maximum atomic E-state index is 6.15. The van der Waals surface area contributed by atoms with Crippen LogP contribution in [0.5, 0.6) is 5.75 Å². The van der Waals surface area contributed by atoms with Crippen LogP contribution in [0.2, 0.25) is 0 Å². The van der Waals surface area contributed by atoms with Crippen LogP contribution in [0, 0.1) is 0 Å². The Labute approximate surface area is 118 Å². The molecule has 2 N–H and O–H groups in total. The minimum absolute atomic E-state index is 0.124. The van der Waals surface area contributed by atoms with Crippen LogP contribution in [0.1, 0.15) is 48.6 Å². The van der Waals surface area contributed by atoms with E-state index in [4.69, 9.17) is 15.0 Å². The van der Waals surface area contributed by atoms with E-state index in [0.717, 1.165) is 31.4 Å². The smallest absolute Gasteiger partial charge is 0.226 e. The highest BCUT2D eigenvalue weighted by Crippen LogP contribution is 2.34. The molecule has 0 spiro atoms. The number of hydrogen-bond acceptors (Lipinski definition) is 5. The van der Waals surface area contributed by atoms with Crippen molar-refractivity contribution in [2.24, 2.45) is 5.73 Å². The molecule has 20 heavy (non-hydrogen) atoms. The van der Waals surface area contributed by atoms with Gasteiger partial charge in [0.2, 0.25) is 11.7 Å². The van der Waals surface area contributed by atoms with Gasteiger partial charge >= 0.3 is 0 Å². The van der Waals surface area contributed by atoms with Gasteiger partial charge in [-0.05, 0) is 36.5 Å². The van der Waals surface area contributed by atoms with E-state index in [0.29, 0.717) is 18.3 Å². The van der Waals surface area contributed by atoms with Gasteiger partial charge in [-0.1, -0.05) is 24.2 Å². The van der Waals surface area contributed by atoms with E-state index in [9.17, 15) is 0 Å². The van der Waals surface area contributed by atoms with Gasteiger partial charge in [-0.15, -0.1) is 0 Å². The summed E-state index contributed by atoms with van der Waals surface area (Å²) in [5.41, 5.74) is 8.58. The van der Waals surface area contributed by atoms with Crippen LogP contribution in [-0.4, -0.2) is 10.1 Å². The second-order valence-corrected chi connectivity index (χ2v) is 5.07. The van der Waals surface area contributed by atoms with Crippen LogP contribution in [0.15, 0.2) is 22.7 Å². The fourth-order valence-corrected chi connectivity index (χ4v) is 2.62. The lowest BCUT2D eigenvalue weighted by atomic mass is 9.88. The molecule has 0 amide bonds. The second-order valence-electron chi connectivity index (χ2n) is 5.07. The number of fused-ring (bicyclic) bond motifs is 1. The zero-order chi connectivity index (χ0) is 13.9. The minimum atomic E-state index is 0.124. The first-order valence-electron chi connectivity index (χ1n) is 7.09. The van der Waals surface area contributed by atoms with Crippen LogP contribution in [-0.2, 0) is 19.4 Å². The molecule has 0 bridgehead atoms. The van der Waals surface area contributed by atoms with Gasteiger partial charge < -0.3 is 15.0 Å². The summed E-state index contributed by atoms with van der Waals surface area (Å²) < 4.78 is 10.9. The molecule has 3 rings (SSSR count). The summed E-state index contributed by atoms with van der Waals surface area (Å²) in [6.07, 6.45) is 3.91. The van der Waals surface area contributed by atoms with E-state index >= 15 is 0 Å². The summed E-state index contributed by atoms with van der Waals surface area (Å²) in [6.45, 7) is 2.31. The van der Waals surface area contributed by atoms with Crippen molar-refractivity contribution in [3.8, 4) is 5.75 Å². The third-order valence-corrected chi connectivity index (χ3v) is 3.68. The largest absolute Gasteiger partial charge is 0.485 e. The molecule has 1 aromatic carbocycles. The van der Waals surface area contributed by atoms with Crippen LogP contribution < -0.4 is 10.5 Å². The molecule has 0 fully saturated rings. The highest BCUT2D eigenvalue weighted by atomic mass is 16.5. The van der Waals surface area contributed by atoms with Crippen molar-refractivity contribution in [3.05, 3.63) is 41.0 Å². The maximum absolute atomic E-state index is 6.15. The van der Waals surface area contributed by atoms with Crippen molar-refractivity contribution in [2.75, 3.05) is 0 Å². The standard InChI is InChI=1S/C15H19N3O2/c1-2-15-17-14(18-20-15)9-19-13-8-4-5-10-11(13)6-3-7-12(10)16/h4-5,8,12H,2-3,6-7,9,16H2,1H3. The maximum Gasteiger partial charge on any atom is 0.226 e. The second kappa shape index (κ2) is 5.63. The number of ether oxygens (including phenoxy) is 1. The van der Waals surface area contributed by atoms with E-state index in [1.54, 1.807) is 0 Å². The fraction of sp³-hybridized carbons (Fsp3) is 0.467. The lowest BCUT2D eigenvalue weighted by molar-refractivity contribution is 0.281. The molecule has 0 radical (unpaired) electrons. The van der Waals surface area contributed by atoms with E-state index < -0.39 is 0 Å². The molecule has 5 heteroatoms. The van der Waals surface area contributed by atoms with Crippen molar-refractivity contribution in [1.82, 2.24) is 10.1 Å². The predicted molar refractivity (Wildman–Crippen MR) is 74.3 cm³/mol. The molecule has 0 aliphatic heterocycles. The number of nitrogens with zero attached hydrogens (tertiary/aromatic N) is 2. The van der Waals surface area contributed by atoms with Gasteiger partial charge in [0.05, 0.1) is 0 Å². The first-order valence-corrected chi connectivity index (χ1v) is 7.09. The number of rotatable bonds is 4. The Morgan fingerprint density at radius 1 is 1.45 bits per heavy atom. The molecule has 1 atom stereocenters. The Morgan fingerprint density at radius 3 is 3.15 bits per heavy atom. The Balaban J connectivity index is 1.76. The van der Waals surface area contributed by atoms with Crippen LogP contribution in [0.4, 0.5) is 0 Å². The molecular weight excluding hydrogens is 254 g/mol. The third-order valence-electron chi connectivity index (χ3n) is 3.68. The van der Waals surface area contributed by atoms with Gasteiger partial charge in [-0.25, -0.2) is 0 Å². The Kier molecular flexibility index (Phi) is 3.69. The average molecular weight is 273 g/mol. The molecule has 1 heterocycles. The number of nitrogens with two attached hydrogens (primary N) is 1. The third kappa shape index (κ3) is 2.54. The van der Waals surface area contributed by atoms with Crippen molar-refractivity contribution in [1.29, 1.82) is 0 Å². The average Bonchev–Trinajstić information content (AvgIpc) is 2.94. The highest BCUT2D eigenvalue weighted by Gasteiger charge is 2.20. The van der Waals surface area contributed by atoms with Crippen LogP contribution in [0.25, 0.3) is 0 Å². The molecule has 0 saturated carbocycles. The van der Waals surface area contributed by atoms with Gasteiger partial charge in [-0.2, -0.15) is 4.98 Å². The van der Waals surface area contributed by atoms with Crippen LogP contribution >= 0.6 is 0 Å². The zero-order valence-corrected chi connectivity index (χ0v) is 11.6. The van der Waals surface area contributed by atoms with E-state index in [-0.39, 0.29) is 6.04 Å². The monoisotopic (exact) mass is 273 g/mol. The van der Waals surface area contributed by atoms with E-state index in [1.165, 1.54) is 11.1 Å². The summed E-state index contributed by atoms with van der Waals surface area (Å²) in [7, 11) is 0. The minimum Gasteiger partial charge on any atom is -0.485 e. The molecular formula is C15H19N3O2. The Bertz CT molecular complexity index is 595. The van der Waals surface area contributed by atoms with Crippen LogP contribution in [0.3, 0.4) is 0 Å². The molecule has 1 aromatic heterocycles. The van der Waals surface area contributed by atoms with E-state index in [2.05, 4.69) is 16.2 Å². The zero-order valence-electron chi connectivity index (χ0n) is 11.6. The van der Waals surface area contributed by atoms with Crippen molar-refractivity contribution < 1.29 is 9.26 Å². The topological polar surface area (TPSA) is 74.2 Å². The highest BCUT2D eigenvalue weighted by molar-refractivity contribution is 5.43. The van der Waals surface area contributed by atoms with Gasteiger partial charge in [-0.3, -0.25) is 0 Å². The SMILES string of the molecule is CCc1nc(COc2cccc3c2CCCC3N)no1. The number of benzene rings is 1. The van der Waals surface area contributed by atoms with Gasteiger partial charge in [0, 0.05) is 12.5 Å². The molecule has 0 saturated heterocycles. The summed E-state index contributed by atoms with van der Waals surface area (Å²) in [5.74, 6) is 2.11. The quantitative estimate of drug-likeness (QED) is 0.926. The van der Waals surface area contributed by atoms with Gasteiger partial charge in [0.25, 0.3) is 0 Å². The fourth-order valence-electron chi connectivity index (χ4n) is 2.62. The molecule has 2 aromatic rings. The molecule has 5 nitrogen and oxygen atoms in total. The van der Waals surface area contributed by atoms with Crippen molar-refractivity contribution >= 4 is 0 Å². The summed E-state index contributed by atoms with van der Waals surface area (Å²) >= 11 is 0. The molecule has 106 valence electrons. The summed E-state index contributed by atoms with van der Waals surface area (Å²) in [5, 5.41) is 3.89. The first kappa shape index (κ1) is 13.1. The van der Waals surface area contributed by atoms with E-state index in [1.807, 2.05) is 19.1 Å². The van der Waals surface area contributed by atoms with Gasteiger partial charge in [0.1, 0.15) is 5.75 Å². The van der Waals surface area contributed by atoms with Crippen molar-refractivity contribution in [3.63, 3.8) is 0 Å². The molecule has 1 unspecified atom stereocenters. The number of aryl methyl sites for hydroxylation is 1. The van der Waals surface area contributed by atoms with Crippen molar-refractivity contribution in [2.45, 2.75) is 45.3 Å². The summed E-state index contributed by atoms with van der Waals surface area (Å²) in [6, 6.07) is 6.19. The molecule has 1 aliphatic rings. The first-order chi connectivity index (χ1) is 9.78. The number of hydrogen-bond donors (Lipinski definition) is 1. The lowest BCUT2D eigenvalue weighted by Gasteiger charge is -2.24. The number of aromatic nitrogens is 2. The molecule has 1 aliphatic carbocycles. The Hall–Kier alpha value is -1.88. The Morgan fingerprint density at radius 2 is 2.35 bits per heavy atom.